The molecule has 0 spiro atoms. The summed E-state index contributed by atoms with van der Waals surface area (Å²) >= 11 is 2.11. The van der Waals surface area contributed by atoms with Gasteiger partial charge in [-0.3, -0.25) is 9.59 Å². The molecule has 0 aliphatic carbocycles. The van der Waals surface area contributed by atoms with Crippen molar-refractivity contribution in [3.05, 3.63) is 59.7 Å². The van der Waals surface area contributed by atoms with Crippen molar-refractivity contribution >= 4 is 23.7 Å². The molecule has 0 amide bonds. The van der Waals surface area contributed by atoms with Gasteiger partial charge in [-0.25, -0.2) is 0 Å². The Kier molecular flexibility index (Phi) is 16.6. The molecule has 0 saturated carbocycles. The summed E-state index contributed by atoms with van der Waals surface area (Å²) in [5, 5.41) is 0. The van der Waals surface area contributed by atoms with Gasteiger partial charge in [-0.2, -0.15) is 11.8 Å². The summed E-state index contributed by atoms with van der Waals surface area (Å²) in [6.07, 6.45) is 17.2. The number of carbonyl (C=O) groups is 2. The fraction of sp³-hybridized carbons (Fsp3) is 0.562. The Morgan fingerprint density at radius 1 is 0.541 bits per heavy atom. The predicted molar refractivity (Wildman–Crippen MR) is 156 cm³/mol. The number of unbranched alkanes of at least 4 members (excludes halogenated alkanes) is 10. The zero-order valence-electron chi connectivity index (χ0n) is 23.0. The van der Waals surface area contributed by atoms with E-state index >= 15 is 0 Å². The number of esters is 2. The summed E-state index contributed by atoms with van der Waals surface area (Å²) in [7, 11) is 0. The number of rotatable bonds is 20. The third kappa shape index (κ3) is 14.9. The van der Waals surface area contributed by atoms with E-state index in [1.807, 2.05) is 36.4 Å². The molecule has 37 heavy (non-hydrogen) atoms. The fourth-order valence-corrected chi connectivity index (χ4v) is 5.51. The fourth-order valence-electron chi connectivity index (χ4n) is 4.48. The molecule has 0 unspecified atom stereocenters. The van der Waals surface area contributed by atoms with Crippen molar-refractivity contribution in [3.8, 4) is 11.5 Å². The first-order valence-electron chi connectivity index (χ1n) is 14.2. The minimum absolute atomic E-state index is 0.252. The maximum atomic E-state index is 11.2. The zero-order chi connectivity index (χ0) is 26.6. The second-order valence-corrected chi connectivity index (χ2v) is 11.0. The Labute approximate surface area is 228 Å². The van der Waals surface area contributed by atoms with E-state index in [0.717, 1.165) is 36.8 Å². The highest BCUT2D eigenvalue weighted by Crippen LogP contribution is 2.22. The van der Waals surface area contributed by atoms with Gasteiger partial charge in [-0.05, 0) is 73.3 Å². The maximum absolute atomic E-state index is 11.2. The van der Waals surface area contributed by atoms with Gasteiger partial charge >= 0.3 is 11.9 Å². The third-order valence-corrected chi connectivity index (χ3v) is 7.58. The third-order valence-electron chi connectivity index (χ3n) is 6.42. The molecular formula is C32H46O4S. The van der Waals surface area contributed by atoms with Crippen LogP contribution in [0.1, 0.15) is 102 Å². The van der Waals surface area contributed by atoms with Crippen LogP contribution in [0.3, 0.4) is 0 Å². The Hall–Kier alpha value is -2.27. The van der Waals surface area contributed by atoms with E-state index in [-0.39, 0.29) is 11.9 Å². The van der Waals surface area contributed by atoms with Gasteiger partial charge in [0, 0.05) is 13.8 Å². The lowest BCUT2D eigenvalue weighted by molar-refractivity contribution is -0.132. The number of carbonyl (C=O) groups excluding carboxylic acids is 2. The molecule has 0 aliphatic rings. The minimum atomic E-state index is -0.252. The van der Waals surface area contributed by atoms with Gasteiger partial charge in [0.25, 0.3) is 0 Å². The lowest BCUT2D eigenvalue weighted by Crippen LogP contribution is -2.03. The van der Waals surface area contributed by atoms with Crippen LogP contribution in [0.15, 0.2) is 48.5 Å². The maximum Gasteiger partial charge on any atom is 0.308 e. The van der Waals surface area contributed by atoms with Crippen LogP contribution in [0.4, 0.5) is 0 Å². The van der Waals surface area contributed by atoms with Crippen molar-refractivity contribution in [1.82, 2.24) is 0 Å². The van der Waals surface area contributed by atoms with Crippen molar-refractivity contribution in [2.24, 2.45) is 0 Å². The molecule has 0 fully saturated rings. The topological polar surface area (TPSA) is 52.6 Å². The standard InChI is InChI=1S/C32H46O4S/c1-27(33)35-31-23-15-13-21-29(31)19-11-7-3-5-9-17-25-37-26-18-10-6-4-8-12-20-30-22-14-16-24-32(30)36-28(2)34/h13-16,21-24H,3-12,17-20,25-26H2,1-2H3. The van der Waals surface area contributed by atoms with E-state index in [0.29, 0.717) is 11.5 Å². The Balaban J connectivity index is 1.35. The molecule has 0 N–H and O–H groups in total. The highest BCUT2D eigenvalue weighted by Gasteiger charge is 2.06. The largest absolute Gasteiger partial charge is 0.426 e. The second kappa shape index (κ2) is 19.8. The van der Waals surface area contributed by atoms with E-state index in [4.69, 9.17) is 9.47 Å². The molecule has 0 aliphatic heterocycles. The first-order chi connectivity index (χ1) is 18.1. The van der Waals surface area contributed by atoms with Crippen LogP contribution in [0, 0.1) is 0 Å². The van der Waals surface area contributed by atoms with Crippen LogP contribution in [-0.4, -0.2) is 23.4 Å². The predicted octanol–water partition coefficient (Wildman–Crippen LogP) is 8.74. The van der Waals surface area contributed by atoms with Crippen molar-refractivity contribution in [2.45, 2.75) is 104 Å². The van der Waals surface area contributed by atoms with E-state index < -0.39 is 0 Å². The summed E-state index contributed by atoms with van der Waals surface area (Å²) < 4.78 is 10.6. The van der Waals surface area contributed by atoms with Crippen molar-refractivity contribution in [1.29, 1.82) is 0 Å². The highest BCUT2D eigenvalue weighted by atomic mass is 32.2. The monoisotopic (exact) mass is 526 g/mol. The summed E-state index contributed by atoms with van der Waals surface area (Å²) in [6, 6.07) is 15.7. The SMILES string of the molecule is CC(=O)Oc1ccccc1CCCCCCCCSCCCCCCCCc1ccccc1OC(C)=O. The number of aryl methyl sites for hydroxylation is 2. The Morgan fingerprint density at radius 3 is 1.30 bits per heavy atom. The second-order valence-electron chi connectivity index (χ2n) is 9.76. The molecule has 0 heterocycles. The van der Waals surface area contributed by atoms with E-state index in [1.165, 1.54) is 89.6 Å². The van der Waals surface area contributed by atoms with Crippen LogP contribution in [0.2, 0.25) is 0 Å². The molecule has 2 rings (SSSR count). The van der Waals surface area contributed by atoms with Gasteiger partial charge in [-0.15, -0.1) is 0 Å². The van der Waals surface area contributed by atoms with Gasteiger partial charge in [0.1, 0.15) is 11.5 Å². The molecule has 0 aromatic heterocycles. The van der Waals surface area contributed by atoms with Gasteiger partial charge in [0.2, 0.25) is 0 Å². The van der Waals surface area contributed by atoms with Crippen LogP contribution < -0.4 is 9.47 Å². The number of thioether (sulfide) groups is 1. The summed E-state index contributed by atoms with van der Waals surface area (Å²) in [5.41, 5.74) is 2.27. The molecule has 4 nitrogen and oxygen atoms in total. The number of benzene rings is 2. The smallest absolute Gasteiger partial charge is 0.308 e. The number of hydrogen-bond acceptors (Lipinski definition) is 5. The normalized spacial score (nSPS) is 10.9. The van der Waals surface area contributed by atoms with E-state index in [9.17, 15) is 9.59 Å². The van der Waals surface area contributed by atoms with Crippen LogP contribution in [-0.2, 0) is 22.4 Å². The molecule has 0 atom stereocenters. The molecule has 0 bridgehead atoms. The lowest BCUT2D eigenvalue weighted by atomic mass is 10.0. The van der Waals surface area contributed by atoms with Gasteiger partial charge in [-0.1, -0.05) is 87.8 Å². The first-order valence-corrected chi connectivity index (χ1v) is 15.3. The number of ether oxygens (including phenoxy) is 2. The Morgan fingerprint density at radius 2 is 0.892 bits per heavy atom. The lowest BCUT2D eigenvalue weighted by Gasteiger charge is -2.08. The van der Waals surface area contributed by atoms with Crippen LogP contribution in [0.5, 0.6) is 11.5 Å². The average molecular weight is 527 g/mol. The van der Waals surface area contributed by atoms with Gasteiger partial charge < -0.3 is 9.47 Å². The van der Waals surface area contributed by atoms with Gasteiger partial charge in [0.15, 0.2) is 0 Å². The van der Waals surface area contributed by atoms with Crippen molar-refractivity contribution in [3.63, 3.8) is 0 Å². The van der Waals surface area contributed by atoms with Crippen LogP contribution >= 0.6 is 11.8 Å². The summed E-state index contributed by atoms with van der Waals surface area (Å²) in [5.74, 6) is 3.50. The van der Waals surface area contributed by atoms with Gasteiger partial charge in [0.05, 0.1) is 0 Å². The average Bonchev–Trinajstić information content (AvgIpc) is 2.87. The zero-order valence-corrected chi connectivity index (χ0v) is 23.8. The van der Waals surface area contributed by atoms with Crippen molar-refractivity contribution in [2.75, 3.05) is 11.5 Å². The minimum Gasteiger partial charge on any atom is -0.426 e. The molecular weight excluding hydrogens is 480 g/mol. The Bertz CT molecular complexity index is 838. The van der Waals surface area contributed by atoms with Crippen LogP contribution in [0.25, 0.3) is 0 Å². The number of hydrogen-bond donors (Lipinski definition) is 0. The molecule has 2 aromatic rings. The van der Waals surface area contributed by atoms with Crippen molar-refractivity contribution < 1.29 is 19.1 Å². The first kappa shape index (κ1) is 31.0. The highest BCUT2D eigenvalue weighted by molar-refractivity contribution is 7.99. The molecule has 5 heteroatoms. The van der Waals surface area contributed by atoms with E-state index in [2.05, 4.69) is 23.9 Å². The quantitative estimate of drug-likeness (QED) is 0.0980. The molecule has 2 aromatic carbocycles. The molecule has 0 saturated heterocycles. The molecule has 0 radical (unpaired) electrons. The number of para-hydroxylation sites is 2. The van der Waals surface area contributed by atoms with E-state index in [1.54, 1.807) is 0 Å². The summed E-state index contributed by atoms with van der Waals surface area (Å²) in [4.78, 5) is 22.5. The molecule has 204 valence electrons. The summed E-state index contributed by atoms with van der Waals surface area (Å²) in [6.45, 7) is 2.91.